The summed E-state index contributed by atoms with van der Waals surface area (Å²) in [6.07, 6.45) is -0.711. The first-order valence-corrected chi connectivity index (χ1v) is 4.76. The molecular weight excluding hydrogens is 254 g/mol. The van der Waals surface area contributed by atoms with Gasteiger partial charge in [-0.3, -0.25) is 0 Å². The van der Waals surface area contributed by atoms with Crippen LogP contribution in [-0.2, 0) is 14.3 Å². The van der Waals surface area contributed by atoms with Crippen LogP contribution in [0.5, 0.6) is 0 Å². The summed E-state index contributed by atoms with van der Waals surface area (Å²) in [4.78, 5) is 28.8. The number of ether oxygens (including phenoxy) is 1. The van der Waals surface area contributed by atoms with Crippen LogP contribution in [0, 0.1) is 0 Å². The molecule has 0 heterocycles. The molecule has 0 saturated carbocycles. The molecule has 0 rings (SSSR count). The highest BCUT2D eigenvalue weighted by atomic mass is 16.5. The number of carbonyl (C=O) groups is 3. The van der Waals surface area contributed by atoms with Gasteiger partial charge in [-0.1, -0.05) is 20.6 Å². The molecule has 0 bridgehead atoms. The van der Waals surface area contributed by atoms with Crippen LogP contribution < -0.4 is 5.73 Å². The number of amides is 1. The third-order valence-corrected chi connectivity index (χ3v) is 1.02. The number of carbonyl (C=O) groups excluding carboxylic acids is 1. The Morgan fingerprint density at radius 2 is 1.26 bits per heavy atom. The Hall–Kier alpha value is -2.31. The first-order chi connectivity index (χ1) is 8.06. The van der Waals surface area contributed by atoms with Gasteiger partial charge in [0.15, 0.2) is 0 Å². The van der Waals surface area contributed by atoms with Crippen LogP contribution >= 0.6 is 0 Å². The van der Waals surface area contributed by atoms with Crippen molar-refractivity contribution in [3.05, 3.63) is 24.3 Å². The average molecular weight is 277 g/mol. The molecule has 0 aliphatic rings. The fourth-order valence-corrected chi connectivity index (χ4v) is 0.142. The van der Waals surface area contributed by atoms with Gasteiger partial charge in [-0.2, -0.15) is 0 Å². The summed E-state index contributed by atoms with van der Waals surface area (Å²) in [5.74, 6) is -1.87. The molecule has 112 valence electrons. The minimum absolute atomic E-state index is 0. The zero-order valence-electron chi connectivity index (χ0n) is 10.7. The lowest BCUT2D eigenvalue weighted by Crippen LogP contribution is -2.11. The summed E-state index contributed by atoms with van der Waals surface area (Å²) in [5, 5.41) is 15.8. The number of carboxylic acid groups (broad SMARTS) is 2. The largest absolute Gasteiger partial charge is 0.478 e. The molecule has 0 saturated heterocycles. The normalized spacial score (nSPS) is 7.11. The van der Waals surface area contributed by atoms with E-state index >= 15 is 0 Å². The molecule has 0 aliphatic heterocycles. The van der Waals surface area contributed by atoms with Gasteiger partial charge in [0, 0.05) is 11.1 Å². The Labute approximate surface area is 113 Å². The summed E-state index contributed by atoms with van der Waals surface area (Å²) in [7, 11) is 0. The average Bonchev–Trinajstić information content (AvgIpc) is 2.18. The second-order valence-electron chi connectivity index (χ2n) is 2.92. The van der Waals surface area contributed by atoms with Crippen molar-refractivity contribution in [2.75, 3.05) is 6.61 Å². The zero-order valence-corrected chi connectivity index (χ0v) is 10.7. The number of hydrogen-bond donors (Lipinski definition) is 3. The van der Waals surface area contributed by atoms with E-state index in [1.807, 2.05) is 0 Å². The first kappa shape index (κ1) is 25.5. The van der Waals surface area contributed by atoms with E-state index in [0.29, 0.717) is 6.61 Å². The minimum Gasteiger partial charge on any atom is -0.478 e. The molecular formula is C12H23NO6. The van der Waals surface area contributed by atoms with Crippen molar-refractivity contribution in [2.24, 2.45) is 5.73 Å². The molecule has 7 heteroatoms. The predicted octanol–water partition coefficient (Wildman–Crippen LogP) is 2.03. The zero-order chi connectivity index (χ0) is 15.3. The molecule has 0 atom stereocenters. The summed E-state index contributed by atoms with van der Waals surface area (Å²) in [6.45, 7) is 11.3. The van der Waals surface area contributed by atoms with E-state index in [1.165, 1.54) is 13.8 Å². The molecule has 0 fully saturated rings. The van der Waals surface area contributed by atoms with Crippen LogP contribution in [-0.4, -0.2) is 34.9 Å². The predicted molar refractivity (Wildman–Crippen MR) is 72.8 cm³/mol. The van der Waals surface area contributed by atoms with Crippen molar-refractivity contribution in [3.63, 3.8) is 0 Å². The first-order valence-electron chi connectivity index (χ1n) is 4.76. The van der Waals surface area contributed by atoms with Crippen molar-refractivity contribution in [1.82, 2.24) is 0 Å². The molecule has 0 radical (unpaired) electrons. The highest BCUT2D eigenvalue weighted by Crippen LogP contribution is 1.81. The maximum atomic E-state index is 9.60. The van der Waals surface area contributed by atoms with E-state index in [4.69, 9.17) is 10.2 Å². The fourth-order valence-electron chi connectivity index (χ4n) is 0.142. The van der Waals surface area contributed by atoms with Crippen LogP contribution in [0.15, 0.2) is 24.3 Å². The lowest BCUT2D eigenvalue weighted by molar-refractivity contribution is -0.133. The standard InChI is InChI=1S/2C4H6O2.C3H7NO2.CH4/c2*1-3(2)4(5)6;1-2-6-3(4)5;/h2*1H2,2H3,(H,5,6);2H2,1H3,(H2,4,5);1H4. The van der Waals surface area contributed by atoms with Gasteiger partial charge in [0.25, 0.3) is 0 Å². The highest BCUT2D eigenvalue weighted by molar-refractivity contribution is 5.85. The monoisotopic (exact) mass is 277 g/mol. The van der Waals surface area contributed by atoms with E-state index in [-0.39, 0.29) is 18.6 Å². The molecule has 0 aliphatic carbocycles. The highest BCUT2D eigenvalue weighted by Gasteiger charge is 1.90. The Bertz CT molecular complexity index is 274. The molecule has 0 aromatic heterocycles. The van der Waals surface area contributed by atoms with Gasteiger partial charge in [-0.25, -0.2) is 14.4 Å². The molecule has 0 aromatic carbocycles. The summed E-state index contributed by atoms with van der Waals surface area (Å²) >= 11 is 0. The Morgan fingerprint density at radius 3 is 1.26 bits per heavy atom. The van der Waals surface area contributed by atoms with Crippen LogP contribution in [0.2, 0.25) is 0 Å². The van der Waals surface area contributed by atoms with Gasteiger partial charge in [-0.15, -0.1) is 0 Å². The molecule has 4 N–H and O–H groups in total. The smallest absolute Gasteiger partial charge is 0.404 e. The number of hydrogen-bond acceptors (Lipinski definition) is 4. The van der Waals surface area contributed by atoms with Crippen molar-refractivity contribution < 1.29 is 29.3 Å². The molecule has 1 amide bonds. The molecule has 7 nitrogen and oxygen atoms in total. The quantitative estimate of drug-likeness (QED) is 0.677. The van der Waals surface area contributed by atoms with Crippen molar-refractivity contribution in [1.29, 1.82) is 0 Å². The Balaban J connectivity index is -0.0000000865. The summed E-state index contributed by atoms with van der Waals surface area (Å²) in [5.41, 5.74) is 4.89. The lowest BCUT2D eigenvalue weighted by atomic mass is 10.4. The summed E-state index contributed by atoms with van der Waals surface area (Å²) < 4.78 is 4.18. The van der Waals surface area contributed by atoms with Crippen molar-refractivity contribution in [2.45, 2.75) is 28.2 Å². The van der Waals surface area contributed by atoms with Crippen LogP contribution in [0.3, 0.4) is 0 Å². The number of carboxylic acids is 2. The molecule has 19 heavy (non-hydrogen) atoms. The minimum atomic E-state index is -0.935. The van der Waals surface area contributed by atoms with E-state index in [2.05, 4.69) is 23.6 Å². The van der Waals surface area contributed by atoms with E-state index < -0.39 is 18.0 Å². The van der Waals surface area contributed by atoms with Gasteiger partial charge in [-0.05, 0) is 20.8 Å². The molecule has 0 aromatic rings. The van der Waals surface area contributed by atoms with E-state index in [0.717, 1.165) is 0 Å². The van der Waals surface area contributed by atoms with Crippen LogP contribution in [0.1, 0.15) is 28.2 Å². The maximum Gasteiger partial charge on any atom is 0.404 e. The van der Waals surface area contributed by atoms with Crippen molar-refractivity contribution in [3.8, 4) is 0 Å². The number of aliphatic carboxylic acids is 2. The van der Waals surface area contributed by atoms with Gasteiger partial charge in [0.1, 0.15) is 0 Å². The number of primary amides is 1. The third kappa shape index (κ3) is 38.9. The topological polar surface area (TPSA) is 127 Å². The van der Waals surface area contributed by atoms with Crippen molar-refractivity contribution >= 4 is 18.0 Å². The summed E-state index contributed by atoms with van der Waals surface area (Å²) in [6, 6.07) is 0. The molecule has 0 spiro atoms. The lowest BCUT2D eigenvalue weighted by Gasteiger charge is -1.89. The fraction of sp³-hybridized carbons (Fsp3) is 0.417. The number of nitrogens with two attached hydrogens (primary N) is 1. The molecule has 0 unspecified atom stereocenters. The maximum absolute atomic E-state index is 9.60. The second-order valence-corrected chi connectivity index (χ2v) is 2.92. The Kier molecular flexibility index (Phi) is 21.1. The Morgan fingerprint density at radius 1 is 1.05 bits per heavy atom. The van der Waals surface area contributed by atoms with E-state index in [9.17, 15) is 14.4 Å². The SMILES string of the molecule is C.C=C(C)C(=O)O.C=C(C)C(=O)O.CCOC(N)=O. The van der Waals surface area contributed by atoms with Crippen LogP contribution in [0.25, 0.3) is 0 Å². The van der Waals surface area contributed by atoms with Gasteiger partial charge < -0.3 is 20.7 Å². The van der Waals surface area contributed by atoms with E-state index in [1.54, 1.807) is 6.92 Å². The van der Waals surface area contributed by atoms with Crippen LogP contribution in [0.4, 0.5) is 4.79 Å². The number of rotatable bonds is 3. The van der Waals surface area contributed by atoms with Gasteiger partial charge >= 0.3 is 18.0 Å². The van der Waals surface area contributed by atoms with Gasteiger partial charge in [0.05, 0.1) is 6.61 Å². The third-order valence-electron chi connectivity index (χ3n) is 1.02. The van der Waals surface area contributed by atoms with Gasteiger partial charge in [0.2, 0.25) is 0 Å². The second kappa shape index (κ2) is 15.7.